The van der Waals surface area contributed by atoms with Crippen LogP contribution in [0, 0.1) is 11.8 Å². The van der Waals surface area contributed by atoms with Gasteiger partial charge in [-0.15, -0.1) is 11.6 Å². The zero-order valence-electron chi connectivity index (χ0n) is 8.29. The highest BCUT2D eigenvalue weighted by molar-refractivity contribution is 9.10. The minimum atomic E-state index is -0.152. The largest absolute Gasteiger partial charge is 0.113 e. The normalized spacial score (nSPS) is 37.5. The molecule has 0 aromatic heterocycles. The van der Waals surface area contributed by atoms with Crippen LogP contribution < -0.4 is 0 Å². The standard InChI is InChI=1S/C13H12BrCl/c14-12-7-5-11(6-8-12)13(15)9-1-2-10(13)4-3-9/h1-2,5-10H,3-4H2/t9-,10-/m0/s1. The van der Waals surface area contributed by atoms with Crippen LogP contribution in [0.1, 0.15) is 18.4 Å². The molecule has 15 heavy (non-hydrogen) atoms. The summed E-state index contributed by atoms with van der Waals surface area (Å²) in [5.41, 5.74) is 1.27. The summed E-state index contributed by atoms with van der Waals surface area (Å²) in [6.45, 7) is 0. The molecule has 2 aliphatic carbocycles. The third kappa shape index (κ3) is 1.33. The molecule has 2 atom stereocenters. The highest BCUT2D eigenvalue weighted by Crippen LogP contribution is 2.57. The molecular formula is C13H12BrCl. The summed E-state index contributed by atoms with van der Waals surface area (Å²) in [5.74, 6) is 1.07. The van der Waals surface area contributed by atoms with Gasteiger partial charge in [0.05, 0.1) is 4.87 Å². The Hall–Kier alpha value is -0.270. The van der Waals surface area contributed by atoms with E-state index in [0.717, 1.165) is 4.47 Å². The van der Waals surface area contributed by atoms with Crippen LogP contribution in [0.4, 0.5) is 0 Å². The number of halogens is 2. The van der Waals surface area contributed by atoms with E-state index in [-0.39, 0.29) is 4.87 Å². The number of benzene rings is 1. The number of allylic oxidation sites excluding steroid dienone is 2. The van der Waals surface area contributed by atoms with Crippen molar-refractivity contribution in [2.45, 2.75) is 17.7 Å². The minimum absolute atomic E-state index is 0.152. The highest BCUT2D eigenvalue weighted by Gasteiger charge is 2.51. The lowest BCUT2D eigenvalue weighted by Crippen LogP contribution is -2.24. The Labute approximate surface area is 103 Å². The number of hydrogen-bond acceptors (Lipinski definition) is 0. The first kappa shape index (κ1) is 9.92. The van der Waals surface area contributed by atoms with Crippen molar-refractivity contribution in [2.75, 3.05) is 0 Å². The van der Waals surface area contributed by atoms with Crippen molar-refractivity contribution in [3.8, 4) is 0 Å². The maximum Gasteiger partial charge on any atom is 0.0819 e. The van der Waals surface area contributed by atoms with Crippen molar-refractivity contribution < 1.29 is 0 Å². The summed E-state index contributed by atoms with van der Waals surface area (Å²) in [4.78, 5) is -0.152. The van der Waals surface area contributed by atoms with Gasteiger partial charge in [-0.05, 0) is 30.5 Å². The zero-order valence-corrected chi connectivity index (χ0v) is 10.6. The summed E-state index contributed by atoms with van der Waals surface area (Å²) in [7, 11) is 0. The molecule has 0 amide bonds. The summed E-state index contributed by atoms with van der Waals surface area (Å²) >= 11 is 10.3. The lowest BCUT2D eigenvalue weighted by Gasteiger charge is -2.28. The van der Waals surface area contributed by atoms with Crippen LogP contribution >= 0.6 is 27.5 Å². The molecule has 3 rings (SSSR count). The second-order valence-electron chi connectivity index (χ2n) is 4.45. The summed E-state index contributed by atoms with van der Waals surface area (Å²) in [6, 6.07) is 8.46. The lowest BCUT2D eigenvalue weighted by molar-refractivity contribution is 0.495. The summed E-state index contributed by atoms with van der Waals surface area (Å²) < 4.78 is 1.12. The molecule has 1 saturated carbocycles. The molecule has 0 N–H and O–H groups in total. The van der Waals surface area contributed by atoms with E-state index >= 15 is 0 Å². The Bertz CT molecular complexity index is 393. The third-order valence-corrected chi connectivity index (χ3v) is 5.04. The van der Waals surface area contributed by atoms with Crippen LogP contribution in [0.5, 0.6) is 0 Å². The average Bonchev–Trinajstić information content (AvgIpc) is 2.74. The Morgan fingerprint density at radius 2 is 1.60 bits per heavy atom. The monoisotopic (exact) mass is 282 g/mol. The SMILES string of the molecule is ClC1(c2ccc(Br)cc2)[C@H]2C=C[C@H]1CC2. The Balaban J connectivity index is 2.04. The second-order valence-corrected chi connectivity index (χ2v) is 5.99. The molecule has 0 heterocycles. The van der Waals surface area contributed by atoms with E-state index < -0.39 is 0 Å². The fourth-order valence-corrected chi connectivity index (χ4v) is 3.68. The van der Waals surface area contributed by atoms with E-state index in [1.165, 1.54) is 18.4 Å². The third-order valence-electron chi connectivity index (χ3n) is 3.73. The fourth-order valence-electron chi connectivity index (χ4n) is 2.93. The maximum absolute atomic E-state index is 6.83. The maximum atomic E-state index is 6.83. The van der Waals surface area contributed by atoms with Gasteiger partial charge in [0, 0.05) is 16.3 Å². The summed E-state index contributed by atoms with van der Waals surface area (Å²) in [5, 5.41) is 0. The van der Waals surface area contributed by atoms with Gasteiger partial charge < -0.3 is 0 Å². The van der Waals surface area contributed by atoms with Gasteiger partial charge in [-0.2, -0.15) is 0 Å². The second kappa shape index (κ2) is 3.36. The van der Waals surface area contributed by atoms with Crippen LogP contribution in [0.2, 0.25) is 0 Å². The number of rotatable bonds is 1. The highest BCUT2D eigenvalue weighted by atomic mass is 79.9. The molecule has 0 unspecified atom stereocenters. The Kier molecular flexibility index (Phi) is 2.22. The van der Waals surface area contributed by atoms with Crippen molar-refractivity contribution >= 4 is 27.5 Å². The quantitative estimate of drug-likeness (QED) is 0.526. The molecule has 0 radical (unpaired) electrons. The smallest absolute Gasteiger partial charge is 0.0819 e. The van der Waals surface area contributed by atoms with E-state index in [9.17, 15) is 0 Å². The predicted molar refractivity (Wildman–Crippen MR) is 67.0 cm³/mol. The van der Waals surface area contributed by atoms with Crippen LogP contribution in [-0.4, -0.2) is 0 Å². The Morgan fingerprint density at radius 1 is 1.07 bits per heavy atom. The minimum Gasteiger partial charge on any atom is -0.113 e. The molecule has 0 aliphatic heterocycles. The lowest BCUT2D eigenvalue weighted by atomic mass is 9.87. The first-order chi connectivity index (χ1) is 7.21. The van der Waals surface area contributed by atoms with Crippen LogP contribution in [-0.2, 0) is 4.87 Å². The molecule has 2 aliphatic rings. The van der Waals surface area contributed by atoms with E-state index in [0.29, 0.717) is 11.8 Å². The molecular weight excluding hydrogens is 272 g/mol. The van der Waals surface area contributed by atoms with Gasteiger partial charge in [-0.3, -0.25) is 0 Å². The van der Waals surface area contributed by atoms with Crippen LogP contribution in [0.3, 0.4) is 0 Å². The molecule has 0 spiro atoms. The van der Waals surface area contributed by atoms with Gasteiger partial charge in [0.2, 0.25) is 0 Å². The van der Waals surface area contributed by atoms with Gasteiger partial charge in [-0.25, -0.2) is 0 Å². The summed E-state index contributed by atoms with van der Waals surface area (Å²) in [6.07, 6.45) is 7.06. The topological polar surface area (TPSA) is 0 Å². The predicted octanol–water partition coefficient (Wildman–Crippen LogP) is 4.48. The molecule has 1 aromatic carbocycles. The van der Waals surface area contributed by atoms with Crippen molar-refractivity contribution in [3.05, 3.63) is 46.5 Å². The van der Waals surface area contributed by atoms with E-state index in [1.807, 2.05) is 0 Å². The molecule has 0 saturated heterocycles. The van der Waals surface area contributed by atoms with Crippen molar-refractivity contribution in [1.82, 2.24) is 0 Å². The molecule has 0 nitrogen and oxygen atoms in total. The van der Waals surface area contributed by atoms with Crippen molar-refractivity contribution in [2.24, 2.45) is 11.8 Å². The first-order valence-electron chi connectivity index (χ1n) is 5.34. The van der Waals surface area contributed by atoms with Crippen LogP contribution in [0.25, 0.3) is 0 Å². The molecule has 2 heteroatoms. The molecule has 2 bridgehead atoms. The molecule has 1 aromatic rings. The van der Waals surface area contributed by atoms with E-state index in [1.54, 1.807) is 0 Å². The number of fused-ring (bicyclic) bond motifs is 2. The molecule has 1 fully saturated rings. The average molecular weight is 284 g/mol. The van der Waals surface area contributed by atoms with Crippen molar-refractivity contribution in [3.63, 3.8) is 0 Å². The van der Waals surface area contributed by atoms with Gasteiger partial charge in [0.25, 0.3) is 0 Å². The van der Waals surface area contributed by atoms with Crippen LogP contribution in [0.15, 0.2) is 40.9 Å². The fraction of sp³-hybridized carbons (Fsp3) is 0.385. The number of hydrogen-bond donors (Lipinski definition) is 0. The zero-order chi connectivity index (χ0) is 10.5. The first-order valence-corrected chi connectivity index (χ1v) is 6.51. The van der Waals surface area contributed by atoms with Gasteiger partial charge in [-0.1, -0.05) is 40.2 Å². The number of alkyl halides is 1. The Morgan fingerprint density at radius 3 is 2.07 bits per heavy atom. The van der Waals surface area contributed by atoms with Crippen molar-refractivity contribution in [1.29, 1.82) is 0 Å². The van der Waals surface area contributed by atoms with E-state index in [2.05, 4.69) is 52.3 Å². The van der Waals surface area contributed by atoms with Gasteiger partial charge in [0.15, 0.2) is 0 Å². The van der Waals surface area contributed by atoms with Gasteiger partial charge >= 0.3 is 0 Å². The van der Waals surface area contributed by atoms with Gasteiger partial charge in [0.1, 0.15) is 0 Å². The molecule has 78 valence electrons. The van der Waals surface area contributed by atoms with E-state index in [4.69, 9.17) is 11.6 Å².